The van der Waals surface area contributed by atoms with E-state index in [-0.39, 0.29) is 0 Å². The van der Waals surface area contributed by atoms with Gasteiger partial charge in [-0.3, -0.25) is 0 Å². The Morgan fingerprint density at radius 1 is 1.38 bits per heavy atom. The van der Waals surface area contributed by atoms with E-state index < -0.39 is 0 Å². The number of nitrogens with one attached hydrogen (secondary N) is 1. The maximum atomic E-state index is 5.83. The summed E-state index contributed by atoms with van der Waals surface area (Å²) in [6.07, 6.45) is 1.25. The molecule has 1 aromatic rings. The molecule has 2 rings (SSSR count). The molecule has 0 saturated carbocycles. The maximum absolute atomic E-state index is 5.83. The van der Waals surface area contributed by atoms with Crippen molar-refractivity contribution < 1.29 is 0 Å². The zero-order chi connectivity index (χ0) is 9.10. The van der Waals surface area contributed by atoms with Gasteiger partial charge in [0.2, 0.25) is 0 Å². The number of hydrogen-bond donors (Lipinski definition) is 2. The summed E-state index contributed by atoms with van der Waals surface area (Å²) in [5.74, 6) is 2.47. The molecule has 1 saturated heterocycles. The van der Waals surface area contributed by atoms with Crippen molar-refractivity contribution in [1.82, 2.24) is 0 Å². The molecular weight excluding hydrogens is 180 g/mol. The van der Waals surface area contributed by atoms with Gasteiger partial charge in [-0.2, -0.15) is 11.8 Å². The normalized spacial score (nSPS) is 21.7. The van der Waals surface area contributed by atoms with E-state index in [0.717, 1.165) is 11.4 Å². The molecular formula is C10H14N2S. The molecule has 0 spiro atoms. The Kier molecular flexibility index (Phi) is 2.64. The molecule has 1 aliphatic rings. The molecule has 13 heavy (non-hydrogen) atoms. The van der Waals surface area contributed by atoms with Crippen LogP contribution in [-0.4, -0.2) is 17.5 Å². The minimum absolute atomic E-state index is 0.606. The van der Waals surface area contributed by atoms with Gasteiger partial charge in [0.05, 0.1) is 11.4 Å². The average molecular weight is 194 g/mol. The van der Waals surface area contributed by atoms with Gasteiger partial charge in [0, 0.05) is 11.8 Å². The minimum atomic E-state index is 0.606. The van der Waals surface area contributed by atoms with E-state index in [4.69, 9.17) is 5.73 Å². The van der Waals surface area contributed by atoms with Crippen LogP contribution in [-0.2, 0) is 0 Å². The number of nitrogens with two attached hydrogens (primary N) is 1. The molecule has 1 atom stereocenters. The van der Waals surface area contributed by atoms with Crippen LogP contribution >= 0.6 is 11.8 Å². The van der Waals surface area contributed by atoms with Crippen LogP contribution in [0, 0.1) is 0 Å². The van der Waals surface area contributed by atoms with Crippen LogP contribution in [0.1, 0.15) is 6.42 Å². The van der Waals surface area contributed by atoms with Crippen LogP contribution in [0.3, 0.4) is 0 Å². The molecule has 0 aliphatic carbocycles. The largest absolute Gasteiger partial charge is 0.397 e. The molecule has 1 aromatic carbocycles. The maximum Gasteiger partial charge on any atom is 0.0576 e. The number of hydrogen-bond acceptors (Lipinski definition) is 3. The van der Waals surface area contributed by atoms with Crippen LogP contribution in [0.5, 0.6) is 0 Å². The summed E-state index contributed by atoms with van der Waals surface area (Å²) in [7, 11) is 0. The molecule has 3 N–H and O–H groups in total. The molecule has 0 amide bonds. The predicted octanol–water partition coefficient (Wildman–Crippen LogP) is 2.19. The van der Waals surface area contributed by atoms with Gasteiger partial charge in [-0.05, 0) is 24.3 Å². The van der Waals surface area contributed by atoms with E-state index in [0.29, 0.717) is 6.04 Å². The van der Waals surface area contributed by atoms with Crippen molar-refractivity contribution in [2.24, 2.45) is 0 Å². The molecule has 1 heterocycles. The zero-order valence-electron chi connectivity index (χ0n) is 7.49. The summed E-state index contributed by atoms with van der Waals surface area (Å²) in [5, 5.41) is 3.46. The lowest BCUT2D eigenvalue weighted by atomic mass is 10.2. The molecule has 0 aromatic heterocycles. The van der Waals surface area contributed by atoms with E-state index in [1.54, 1.807) is 0 Å². The van der Waals surface area contributed by atoms with Crippen molar-refractivity contribution in [3.8, 4) is 0 Å². The first kappa shape index (κ1) is 8.75. The average Bonchev–Trinajstić information content (AvgIpc) is 2.61. The van der Waals surface area contributed by atoms with E-state index in [2.05, 4.69) is 5.32 Å². The van der Waals surface area contributed by atoms with Crippen LogP contribution in [0.15, 0.2) is 24.3 Å². The fourth-order valence-electron chi connectivity index (χ4n) is 1.50. The third-order valence-electron chi connectivity index (χ3n) is 2.25. The lowest BCUT2D eigenvalue weighted by molar-refractivity contribution is 0.813. The highest BCUT2D eigenvalue weighted by Crippen LogP contribution is 2.24. The van der Waals surface area contributed by atoms with Crippen molar-refractivity contribution >= 4 is 23.1 Å². The third kappa shape index (κ3) is 2.10. The number of thioether (sulfide) groups is 1. The number of para-hydroxylation sites is 2. The summed E-state index contributed by atoms with van der Waals surface area (Å²) in [4.78, 5) is 0. The fourth-order valence-corrected chi connectivity index (χ4v) is 2.65. The molecule has 0 bridgehead atoms. The number of nitrogen functional groups attached to an aromatic ring is 1. The number of anilines is 2. The second kappa shape index (κ2) is 3.92. The molecule has 70 valence electrons. The minimum Gasteiger partial charge on any atom is -0.397 e. The lowest BCUT2D eigenvalue weighted by Crippen LogP contribution is -2.18. The lowest BCUT2D eigenvalue weighted by Gasteiger charge is -2.14. The van der Waals surface area contributed by atoms with Gasteiger partial charge in [-0.25, -0.2) is 0 Å². The van der Waals surface area contributed by atoms with Gasteiger partial charge in [-0.15, -0.1) is 0 Å². The Morgan fingerprint density at radius 2 is 2.23 bits per heavy atom. The first-order valence-electron chi connectivity index (χ1n) is 4.55. The van der Waals surface area contributed by atoms with Gasteiger partial charge < -0.3 is 11.1 Å². The summed E-state index contributed by atoms with van der Waals surface area (Å²) in [5.41, 5.74) is 7.75. The highest BCUT2D eigenvalue weighted by atomic mass is 32.2. The van der Waals surface area contributed by atoms with Crippen LogP contribution in [0.4, 0.5) is 11.4 Å². The molecule has 2 nitrogen and oxygen atoms in total. The topological polar surface area (TPSA) is 38.0 Å². The van der Waals surface area contributed by atoms with Gasteiger partial charge in [-0.1, -0.05) is 12.1 Å². The smallest absolute Gasteiger partial charge is 0.0576 e. The van der Waals surface area contributed by atoms with Crippen LogP contribution < -0.4 is 11.1 Å². The van der Waals surface area contributed by atoms with E-state index in [1.807, 2.05) is 36.0 Å². The standard InChI is InChI=1S/C10H14N2S/c11-9-3-1-2-4-10(9)12-8-5-6-13-7-8/h1-4,8,12H,5-7,11H2. The first-order chi connectivity index (χ1) is 6.36. The van der Waals surface area contributed by atoms with Gasteiger partial charge >= 0.3 is 0 Å². The zero-order valence-corrected chi connectivity index (χ0v) is 8.31. The second-order valence-corrected chi connectivity index (χ2v) is 4.44. The molecule has 1 aliphatic heterocycles. The van der Waals surface area contributed by atoms with E-state index in [1.165, 1.54) is 17.9 Å². The van der Waals surface area contributed by atoms with Crippen LogP contribution in [0.25, 0.3) is 0 Å². The summed E-state index contributed by atoms with van der Waals surface area (Å²) < 4.78 is 0. The Morgan fingerprint density at radius 3 is 2.92 bits per heavy atom. The predicted molar refractivity (Wildman–Crippen MR) is 60.2 cm³/mol. The van der Waals surface area contributed by atoms with Gasteiger partial charge in [0.15, 0.2) is 0 Å². The molecule has 3 heteroatoms. The van der Waals surface area contributed by atoms with Crippen molar-refractivity contribution in [2.45, 2.75) is 12.5 Å². The van der Waals surface area contributed by atoms with Crippen LogP contribution in [0.2, 0.25) is 0 Å². The van der Waals surface area contributed by atoms with Crippen molar-refractivity contribution in [3.63, 3.8) is 0 Å². The Bertz CT molecular complexity index is 282. The highest BCUT2D eigenvalue weighted by Gasteiger charge is 2.15. The fraction of sp³-hybridized carbons (Fsp3) is 0.400. The summed E-state index contributed by atoms with van der Waals surface area (Å²) in [6, 6.07) is 8.56. The molecule has 1 unspecified atom stereocenters. The molecule has 0 radical (unpaired) electrons. The molecule has 1 fully saturated rings. The SMILES string of the molecule is Nc1ccccc1NC1CCSC1. The van der Waals surface area contributed by atoms with Gasteiger partial charge in [0.25, 0.3) is 0 Å². The monoisotopic (exact) mass is 194 g/mol. The third-order valence-corrected chi connectivity index (χ3v) is 3.41. The first-order valence-corrected chi connectivity index (χ1v) is 5.70. The van der Waals surface area contributed by atoms with E-state index >= 15 is 0 Å². The summed E-state index contributed by atoms with van der Waals surface area (Å²) >= 11 is 2.00. The van der Waals surface area contributed by atoms with Gasteiger partial charge in [0.1, 0.15) is 0 Å². The van der Waals surface area contributed by atoms with Crippen molar-refractivity contribution in [2.75, 3.05) is 22.6 Å². The number of benzene rings is 1. The Hall–Kier alpha value is -0.830. The van der Waals surface area contributed by atoms with E-state index in [9.17, 15) is 0 Å². The number of rotatable bonds is 2. The highest BCUT2D eigenvalue weighted by molar-refractivity contribution is 7.99. The quantitative estimate of drug-likeness (QED) is 0.709. The second-order valence-electron chi connectivity index (χ2n) is 3.29. The summed E-state index contributed by atoms with van der Waals surface area (Å²) in [6.45, 7) is 0. The van der Waals surface area contributed by atoms with Crippen molar-refractivity contribution in [3.05, 3.63) is 24.3 Å². The Labute approximate surface area is 82.9 Å². The Balaban J connectivity index is 2.04. The van der Waals surface area contributed by atoms with Crippen molar-refractivity contribution in [1.29, 1.82) is 0 Å².